The summed E-state index contributed by atoms with van der Waals surface area (Å²) in [5.74, 6) is -0.0967. The van der Waals surface area contributed by atoms with Crippen molar-refractivity contribution in [3.63, 3.8) is 0 Å². The predicted octanol–water partition coefficient (Wildman–Crippen LogP) is 2.25. The van der Waals surface area contributed by atoms with Gasteiger partial charge in [0.25, 0.3) is 0 Å². The smallest absolute Gasteiger partial charge is 0.339 e. The molecule has 106 valence electrons. The third kappa shape index (κ3) is 2.74. The Hall–Kier alpha value is -2.76. The summed E-state index contributed by atoms with van der Waals surface area (Å²) in [4.78, 5) is 15.8. The Morgan fingerprint density at radius 1 is 1.24 bits per heavy atom. The number of fused-ring (bicyclic) bond motifs is 1. The van der Waals surface area contributed by atoms with Crippen LogP contribution < -0.4 is 0 Å². The van der Waals surface area contributed by atoms with Crippen LogP contribution in [-0.2, 0) is 11.2 Å². The third-order valence-corrected chi connectivity index (χ3v) is 3.07. The molecule has 0 saturated carbocycles. The van der Waals surface area contributed by atoms with E-state index >= 15 is 0 Å². The number of benzene rings is 1. The second-order valence-corrected chi connectivity index (χ2v) is 4.54. The maximum absolute atomic E-state index is 12.9. The van der Waals surface area contributed by atoms with Gasteiger partial charge in [0, 0.05) is 12.6 Å². The van der Waals surface area contributed by atoms with E-state index in [0.29, 0.717) is 23.5 Å². The summed E-state index contributed by atoms with van der Waals surface area (Å²) < 4.78 is 19.1. The van der Waals surface area contributed by atoms with Gasteiger partial charge >= 0.3 is 5.97 Å². The van der Waals surface area contributed by atoms with Crippen molar-refractivity contribution in [2.24, 2.45) is 0 Å². The first-order valence-electron chi connectivity index (χ1n) is 6.34. The van der Waals surface area contributed by atoms with Crippen LogP contribution in [0.3, 0.4) is 0 Å². The molecule has 2 heterocycles. The largest absolute Gasteiger partial charge is 0.465 e. The zero-order valence-corrected chi connectivity index (χ0v) is 11.3. The number of hydrogen-bond donors (Lipinski definition) is 0. The Bertz CT molecular complexity index is 796. The number of ether oxygens (including phenoxy) is 1. The molecule has 21 heavy (non-hydrogen) atoms. The van der Waals surface area contributed by atoms with Crippen LogP contribution in [0.15, 0.2) is 42.6 Å². The van der Waals surface area contributed by atoms with Gasteiger partial charge in [-0.05, 0) is 29.8 Å². The van der Waals surface area contributed by atoms with Gasteiger partial charge in [0.15, 0.2) is 11.5 Å². The summed E-state index contributed by atoms with van der Waals surface area (Å²) in [5.41, 5.74) is 1.96. The average molecular weight is 285 g/mol. The first-order chi connectivity index (χ1) is 10.2. The molecule has 0 atom stereocenters. The fourth-order valence-electron chi connectivity index (χ4n) is 2.03. The molecule has 0 N–H and O–H groups in total. The van der Waals surface area contributed by atoms with Gasteiger partial charge in [0.2, 0.25) is 0 Å². The topological polar surface area (TPSA) is 56.5 Å². The number of esters is 1. The van der Waals surface area contributed by atoms with E-state index in [9.17, 15) is 9.18 Å². The molecule has 3 rings (SSSR count). The van der Waals surface area contributed by atoms with Crippen molar-refractivity contribution < 1.29 is 13.9 Å². The molecule has 0 unspecified atom stereocenters. The van der Waals surface area contributed by atoms with Crippen LogP contribution >= 0.6 is 0 Å². The molecule has 5 nitrogen and oxygen atoms in total. The number of carbonyl (C=O) groups is 1. The zero-order valence-electron chi connectivity index (χ0n) is 11.3. The number of methoxy groups -OCH3 is 1. The Labute approximate surface area is 120 Å². The van der Waals surface area contributed by atoms with Crippen LogP contribution in [0.25, 0.3) is 5.65 Å². The van der Waals surface area contributed by atoms with Crippen LogP contribution in [0.1, 0.15) is 21.7 Å². The summed E-state index contributed by atoms with van der Waals surface area (Å²) in [7, 11) is 1.33. The second-order valence-electron chi connectivity index (χ2n) is 4.54. The van der Waals surface area contributed by atoms with Crippen molar-refractivity contribution in [2.45, 2.75) is 6.42 Å². The maximum Gasteiger partial charge on any atom is 0.339 e. The quantitative estimate of drug-likeness (QED) is 0.693. The van der Waals surface area contributed by atoms with Gasteiger partial charge in [-0.3, -0.25) is 0 Å². The molecular formula is C15H12FN3O2. The number of pyridine rings is 1. The monoisotopic (exact) mass is 285 g/mol. The Morgan fingerprint density at radius 3 is 2.71 bits per heavy atom. The number of hydrogen-bond acceptors (Lipinski definition) is 4. The number of aromatic nitrogens is 3. The maximum atomic E-state index is 12.9. The highest BCUT2D eigenvalue weighted by Gasteiger charge is 2.09. The highest BCUT2D eigenvalue weighted by Crippen LogP contribution is 2.10. The highest BCUT2D eigenvalue weighted by molar-refractivity contribution is 5.89. The second kappa shape index (κ2) is 5.32. The van der Waals surface area contributed by atoms with Crippen molar-refractivity contribution >= 4 is 11.6 Å². The van der Waals surface area contributed by atoms with Crippen molar-refractivity contribution in [2.75, 3.05) is 7.11 Å². The van der Waals surface area contributed by atoms with E-state index in [4.69, 9.17) is 0 Å². The molecule has 0 radical (unpaired) electrons. The predicted molar refractivity (Wildman–Crippen MR) is 73.5 cm³/mol. The molecule has 0 spiro atoms. The van der Waals surface area contributed by atoms with Crippen LogP contribution in [-0.4, -0.2) is 27.7 Å². The van der Waals surface area contributed by atoms with Gasteiger partial charge in [-0.2, -0.15) is 5.10 Å². The Balaban J connectivity index is 1.90. The summed E-state index contributed by atoms with van der Waals surface area (Å²) in [6.45, 7) is 0. The summed E-state index contributed by atoms with van der Waals surface area (Å²) in [5, 5.41) is 4.31. The minimum Gasteiger partial charge on any atom is -0.465 e. The van der Waals surface area contributed by atoms with Crippen LogP contribution in [0.5, 0.6) is 0 Å². The van der Waals surface area contributed by atoms with Crippen molar-refractivity contribution in [1.29, 1.82) is 0 Å². The highest BCUT2D eigenvalue weighted by atomic mass is 19.1. The van der Waals surface area contributed by atoms with Crippen LogP contribution in [0.4, 0.5) is 4.39 Å². The van der Waals surface area contributed by atoms with Gasteiger partial charge in [-0.25, -0.2) is 18.7 Å². The summed E-state index contributed by atoms with van der Waals surface area (Å²) in [6, 6.07) is 9.54. The van der Waals surface area contributed by atoms with E-state index in [1.54, 1.807) is 30.5 Å². The molecule has 0 bridgehead atoms. The number of rotatable bonds is 3. The molecule has 0 saturated heterocycles. The number of carbonyl (C=O) groups excluding carboxylic acids is 1. The molecule has 0 amide bonds. The molecule has 2 aromatic heterocycles. The minimum atomic E-state index is -0.424. The lowest BCUT2D eigenvalue weighted by molar-refractivity contribution is 0.0600. The van der Waals surface area contributed by atoms with Crippen molar-refractivity contribution in [3.05, 3.63) is 65.4 Å². The fraction of sp³-hybridized carbons (Fsp3) is 0.133. The molecule has 3 aromatic rings. The molecule has 1 aromatic carbocycles. The van der Waals surface area contributed by atoms with E-state index in [1.807, 2.05) is 0 Å². The summed E-state index contributed by atoms with van der Waals surface area (Å²) >= 11 is 0. The van der Waals surface area contributed by atoms with Gasteiger partial charge < -0.3 is 4.74 Å². The lowest BCUT2D eigenvalue weighted by Crippen LogP contribution is -2.03. The van der Waals surface area contributed by atoms with Gasteiger partial charge in [-0.1, -0.05) is 12.1 Å². The van der Waals surface area contributed by atoms with Crippen molar-refractivity contribution in [1.82, 2.24) is 14.6 Å². The Kier molecular flexibility index (Phi) is 3.35. The van der Waals surface area contributed by atoms with Crippen LogP contribution in [0.2, 0.25) is 0 Å². The fourth-order valence-corrected chi connectivity index (χ4v) is 2.03. The molecular weight excluding hydrogens is 273 g/mol. The van der Waals surface area contributed by atoms with E-state index < -0.39 is 5.97 Å². The number of nitrogens with zero attached hydrogens (tertiary/aromatic N) is 3. The van der Waals surface area contributed by atoms with Gasteiger partial charge in [-0.15, -0.1) is 0 Å². The Morgan fingerprint density at radius 2 is 2.00 bits per heavy atom. The molecule has 0 aliphatic heterocycles. The van der Waals surface area contributed by atoms with E-state index in [-0.39, 0.29) is 5.82 Å². The van der Waals surface area contributed by atoms with E-state index in [0.717, 1.165) is 5.56 Å². The average Bonchev–Trinajstić information content (AvgIpc) is 2.90. The normalized spacial score (nSPS) is 10.8. The molecule has 6 heteroatoms. The molecule has 0 aliphatic carbocycles. The van der Waals surface area contributed by atoms with E-state index in [2.05, 4.69) is 14.8 Å². The summed E-state index contributed by atoms with van der Waals surface area (Å²) in [6.07, 6.45) is 2.07. The van der Waals surface area contributed by atoms with Gasteiger partial charge in [0.05, 0.1) is 12.7 Å². The first-order valence-corrected chi connectivity index (χ1v) is 6.34. The lowest BCUT2D eigenvalue weighted by Gasteiger charge is -1.98. The van der Waals surface area contributed by atoms with E-state index in [1.165, 1.54) is 23.8 Å². The lowest BCUT2D eigenvalue weighted by atomic mass is 10.1. The van der Waals surface area contributed by atoms with Gasteiger partial charge in [0.1, 0.15) is 5.82 Å². The van der Waals surface area contributed by atoms with Crippen LogP contribution in [0, 0.1) is 5.82 Å². The molecule has 0 aliphatic rings. The first kappa shape index (κ1) is 13.2. The zero-order chi connectivity index (χ0) is 14.8. The van der Waals surface area contributed by atoms with Crippen molar-refractivity contribution in [3.8, 4) is 0 Å². The third-order valence-electron chi connectivity index (χ3n) is 3.07. The number of halogens is 1. The standard InChI is InChI=1S/C15H12FN3O2/c1-21-15(20)11-4-7-14-17-13(18-19(14)9-11)8-10-2-5-12(16)6-3-10/h2-7,9H,8H2,1H3. The SMILES string of the molecule is COC(=O)c1ccc2nc(Cc3ccc(F)cc3)nn2c1. The minimum absolute atomic E-state index is 0.274. The molecule has 0 fully saturated rings.